The molecule has 0 saturated heterocycles. The highest BCUT2D eigenvalue weighted by Crippen LogP contribution is 2.39. The lowest BCUT2D eigenvalue weighted by atomic mass is 9.69. The first kappa shape index (κ1) is 17.9. The van der Waals surface area contributed by atoms with Crippen LogP contribution >= 0.6 is 0 Å². The van der Waals surface area contributed by atoms with Gasteiger partial charge in [-0.05, 0) is 63.6 Å². The van der Waals surface area contributed by atoms with E-state index in [0.717, 1.165) is 25.3 Å². The third-order valence-electron chi connectivity index (χ3n) is 4.74. The SMILES string of the molecule is CCNCC1(CN(C)CCCCCO)CCCC(C)C1. The first-order valence-corrected chi connectivity index (χ1v) is 8.62. The summed E-state index contributed by atoms with van der Waals surface area (Å²) in [5, 5.41) is 12.4. The maximum atomic E-state index is 8.84. The summed E-state index contributed by atoms with van der Waals surface area (Å²) in [7, 11) is 2.27. The van der Waals surface area contributed by atoms with E-state index >= 15 is 0 Å². The molecule has 0 aliphatic heterocycles. The van der Waals surface area contributed by atoms with Crippen molar-refractivity contribution in [2.24, 2.45) is 11.3 Å². The van der Waals surface area contributed by atoms with E-state index in [1.807, 2.05) is 0 Å². The second kappa shape index (κ2) is 9.75. The minimum atomic E-state index is 0.339. The van der Waals surface area contributed by atoms with Crippen LogP contribution in [0.4, 0.5) is 0 Å². The fourth-order valence-corrected chi connectivity index (χ4v) is 3.84. The Labute approximate surface area is 126 Å². The maximum absolute atomic E-state index is 8.84. The van der Waals surface area contributed by atoms with E-state index in [1.165, 1.54) is 51.7 Å². The van der Waals surface area contributed by atoms with Crippen molar-refractivity contribution in [3.05, 3.63) is 0 Å². The molecule has 0 amide bonds. The number of nitrogens with zero attached hydrogens (tertiary/aromatic N) is 1. The topological polar surface area (TPSA) is 35.5 Å². The molecule has 1 rings (SSSR count). The summed E-state index contributed by atoms with van der Waals surface area (Å²) in [5.74, 6) is 0.880. The molecule has 0 aromatic rings. The van der Waals surface area contributed by atoms with Crippen molar-refractivity contribution >= 4 is 0 Å². The number of aliphatic hydroxyl groups is 1. The lowest BCUT2D eigenvalue weighted by molar-refractivity contribution is 0.0914. The Morgan fingerprint density at radius 3 is 2.75 bits per heavy atom. The predicted octanol–water partition coefficient (Wildman–Crippen LogP) is 2.89. The fourth-order valence-electron chi connectivity index (χ4n) is 3.84. The highest BCUT2D eigenvalue weighted by molar-refractivity contribution is 4.89. The largest absolute Gasteiger partial charge is 0.396 e. The zero-order valence-corrected chi connectivity index (χ0v) is 14.0. The van der Waals surface area contributed by atoms with Gasteiger partial charge in [-0.2, -0.15) is 0 Å². The summed E-state index contributed by atoms with van der Waals surface area (Å²) in [6, 6.07) is 0. The minimum Gasteiger partial charge on any atom is -0.396 e. The van der Waals surface area contributed by atoms with Crippen LogP contribution in [0.3, 0.4) is 0 Å². The number of hydrogen-bond donors (Lipinski definition) is 2. The highest BCUT2D eigenvalue weighted by atomic mass is 16.2. The zero-order valence-electron chi connectivity index (χ0n) is 14.0. The first-order valence-electron chi connectivity index (χ1n) is 8.62. The van der Waals surface area contributed by atoms with Crippen molar-refractivity contribution in [2.45, 2.75) is 58.8 Å². The molecule has 20 heavy (non-hydrogen) atoms. The molecule has 2 unspecified atom stereocenters. The quantitative estimate of drug-likeness (QED) is 0.606. The molecular formula is C17H36N2O. The highest BCUT2D eigenvalue weighted by Gasteiger charge is 2.35. The predicted molar refractivity (Wildman–Crippen MR) is 87.0 cm³/mol. The van der Waals surface area contributed by atoms with Crippen molar-refractivity contribution in [1.29, 1.82) is 0 Å². The van der Waals surface area contributed by atoms with Gasteiger partial charge in [0, 0.05) is 19.7 Å². The van der Waals surface area contributed by atoms with Gasteiger partial charge in [0.05, 0.1) is 0 Å². The zero-order chi connectivity index (χ0) is 14.8. The Morgan fingerprint density at radius 2 is 2.10 bits per heavy atom. The molecule has 0 aromatic carbocycles. The van der Waals surface area contributed by atoms with Crippen LogP contribution in [0.2, 0.25) is 0 Å². The molecule has 2 N–H and O–H groups in total. The number of hydrogen-bond acceptors (Lipinski definition) is 3. The summed E-state index contributed by atoms with van der Waals surface area (Å²) >= 11 is 0. The standard InChI is InChI=1S/C17H36N2O/c1-4-18-14-17(10-8-9-16(2)13-17)15-19(3)11-6-5-7-12-20/h16,18,20H,4-15H2,1-3H3. The van der Waals surface area contributed by atoms with Crippen LogP contribution in [0.15, 0.2) is 0 Å². The molecule has 0 bridgehead atoms. The lowest BCUT2D eigenvalue weighted by Gasteiger charge is -2.43. The van der Waals surface area contributed by atoms with E-state index in [4.69, 9.17) is 5.11 Å². The third-order valence-corrected chi connectivity index (χ3v) is 4.74. The number of rotatable bonds is 10. The molecule has 1 fully saturated rings. The molecule has 0 spiro atoms. The summed E-state index contributed by atoms with van der Waals surface area (Å²) < 4.78 is 0. The average Bonchev–Trinajstić information content (AvgIpc) is 2.41. The molecule has 1 aliphatic rings. The Hall–Kier alpha value is -0.120. The molecule has 2 atom stereocenters. The van der Waals surface area contributed by atoms with Crippen LogP contribution in [-0.4, -0.2) is 49.8 Å². The molecule has 3 nitrogen and oxygen atoms in total. The number of aliphatic hydroxyl groups excluding tert-OH is 1. The van der Waals surface area contributed by atoms with E-state index in [2.05, 4.69) is 31.1 Å². The Bertz CT molecular complexity index is 247. The van der Waals surface area contributed by atoms with Gasteiger partial charge in [0.25, 0.3) is 0 Å². The molecule has 120 valence electrons. The summed E-state index contributed by atoms with van der Waals surface area (Å²) in [4.78, 5) is 2.52. The second-order valence-electron chi connectivity index (χ2n) is 7.00. The van der Waals surface area contributed by atoms with Crippen molar-refractivity contribution in [3.63, 3.8) is 0 Å². The van der Waals surface area contributed by atoms with Gasteiger partial charge < -0.3 is 15.3 Å². The van der Waals surface area contributed by atoms with Gasteiger partial charge in [-0.1, -0.05) is 26.7 Å². The van der Waals surface area contributed by atoms with E-state index < -0.39 is 0 Å². The van der Waals surface area contributed by atoms with Gasteiger partial charge in [-0.3, -0.25) is 0 Å². The number of nitrogens with one attached hydrogen (secondary N) is 1. The monoisotopic (exact) mass is 284 g/mol. The Balaban J connectivity index is 2.42. The Morgan fingerprint density at radius 1 is 1.30 bits per heavy atom. The maximum Gasteiger partial charge on any atom is 0.0431 e. The summed E-state index contributed by atoms with van der Waals surface area (Å²) in [5.41, 5.74) is 0.486. The van der Waals surface area contributed by atoms with Gasteiger partial charge in [-0.15, -0.1) is 0 Å². The van der Waals surface area contributed by atoms with Gasteiger partial charge in [-0.25, -0.2) is 0 Å². The van der Waals surface area contributed by atoms with Crippen molar-refractivity contribution in [2.75, 3.05) is 39.8 Å². The van der Waals surface area contributed by atoms with E-state index in [-0.39, 0.29) is 0 Å². The van der Waals surface area contributed by atoms with Crippen LogP contribution in [0, 0.1) is 11.3 Å². The number of unbranched alkanes of at least 4 members (excludes halogenated alkanes) is 2. The second-order valence-corrected chi connectivity index (χ2v) is 7.00. The van der Waals surface area contributed by atoms with Crippen LogP contribution in [0.5, 0.6) is 0 Å². The molecule has 0 aromatic heterocycles. The molecule has 1 aliphatic carbocycles. The minimum absolute atomic E-state index is 0.339. The molecule has 1 saturated carbocycles. The van der Waals surface area contributed by atoms with Crippen LogP contribution in [0.1, 0.15) is 58.8 Å². The molecule has 0 radical (unpaired) electrons. The third kappa shape index (κ3) is 6.55. The van der Waals surface area contributed by atoms with Crippen molar-refractivity contribution in [3.8, 4) is 0 Å². The first-order chi connectivity index (χ1) is 9.62. The fraction of sp³-hybridized carbons (Fsp3) is 1.00. The van der Waals surface area contributed by atoms with E-state index in [1.54, 1.807) is 0 Å². The van der Waals surface area contributed by atoms with Gasteiger partial charge in [0.15, 0.2) is 0 Å². The smallest absolute Gasteiger partial charge is 0.0431 e. The van der Waals surface area contributed by atoms with Gasteiger partial charge >= 0.3 is 0 Å². The van der Waals surface area contributed by atoms with E-state index in [0.29, 0.717) is 12.0 Å². The summed E-state index contributed by atoms with van der Waals surface area (Å²) in [6.45, 7) is 9.61. The van der Waals surface area contributed by atoms with Crippen LogP contribution in [0.25, 0.3) is 0 Å². The van der Waals surface area contributed by atoms with Crippen molar-refractivity contribution < 1.29 is 5.11 Å². The molecule has 3 heteroatoms. The lowest BCUT2D eigenvalue weighted by Crippen LogP contribution is -2.46. The Kier molecular flexibility index (Phi) is 8.74. The summed E-state index contributed by atoms with van der Waals surface area (Å²) in [6.07, 6.45) is 8.88. The van der Waals surface area contributed by atoms with Gasteiger partial charge in [0.2, 0.25) is 0 Å². The normalized spacial score (nSPS) is 27.1. The van der Waals surface area contributed by atoms with Gasteiger partial charge in [0.1, 0.15) is 0 Å². The average molecular weight is 284 g/mol. The van der Waals surface area contributed by atoms with E-state index in [9.17, 15) is 0 Å². The van der Waals surface area contributed by atoms with Crippen LogP contribution < -0.4 is 5.32 Å². The molecule has 0 heterocycles. The molecular weight excluding hydrogens is 248 g/mol. The van der Waals surface area contributed by atoms with Crippen molar-refractivity contribution in [1.82, 2.24) is 10.2 Å². The van der Waals surface area contributed by atoms with Crippen LogP contribution in [-0.2, 0) is 0 Å².